The van der Waals surface area contributed by atoms with Gasteiger partial charge in [0.25, 0.3) is 0 Å². The fourth-order valence-corrected chi connectivity index (χ4v) is 13.8. The van der Waals surface area contributed by atoms with Crippen LogP contribution in [0.2, 0.25) is 3.98 Å². The summed E-state index contributed by atoms with van der Waals surface area (Å²) in [5.41, 5.74) is 0.415. The number of ether oxygens (including phenoxy) is 2. The quantitative estimate of drug-likeness (QED) is 0.350. The van der Waals surface area contributed by atoms with Crippen LogP contribution in [-0.4, -0.2) is 54.0 Å². The van der Waals surface area contributed by atoms with Gasteiger partial charge in [-0.2, -0.15) is 0 Å². The van der Waals surface area contributed by atoms with Crippen molar-refractivity contribution in [1.82, 2.24) is 0 Å². The summed E-state index contributed by atoms with van der Waals surface area (Å²) in [6, 6.07) is 13.3. The van der Waals surface area contributed by atoms with Crippen molar-refractivity contribution in [3.8, 4) is 11.5 Å². The SMILES string of the molecule is COc1ccc(C(=O)[CH2][Pb]([O]C(C)=O)([O]C(C)=O)[c]2ccc(OC)cc2)cc1. The number of methoxy groups -OCH3 is 2. The molecule has 0 aromatic heterocycles. The van der Waals surface area contributed by atoms with Gasteiger partial charge >= 0.3 is 170 Å². The Hall–Kier alpha value is -2.43. The monoisotopic (exact) mass is 582 g/mol. The second-order valence-electron chi connectivity index (χ2n) is 6.00. The van der Waals surface area contributed by atoms with Gasteiger partial charge in [-0.1, -0.05) is 0 Å². The normalized spacial score (nSPS) is 10.7. The number of rotatable bonds is 8. The van der Waals surface area contributed by atoms with Gasteiger partial charge in [-0.05, 0) is 0 Å². The number of hydrogen-bond donors (Lipinski definition) is 0. The molecule has 0 amide bonds. The number of carbonyl (C=O) groups is 3. The fraction of sp³-hybridized carbons (Fsp3) is 0.250. The van der Waals surface area contributed by atoms with Crippen LogP contribution in [0.3, 0.4) is 0 Å². The number of carbonyl (C=O) groups excluding carboxylic acids is 3. The van der Waals surface area contributed by atoms with Crippen molar-refractivity contribution in [3.05, 3.63) is 54.1 Å². The number of benzene rings is 2. The summed E-state index contributed by atoms with van der Waals surface area (Å²) in [4.78, 5) is 36.6. The molecule has 0 heterocycles. The van der Waals surface area contributed by atoms with Crippen molar-refractivity contribution in [2.24, 2.45) is 0 Å². The zero-order valence-electron chi connectivity index (χ0n) is 16.2. The molecule has 0 aliphatic carbocycles. The average Bonchev–Trinajstić information content (AvgIpc) is 2.67. The van der Waals surface area contributed by atoms with Crippen molar-refractivity contribution in [1.29, 1.82) is 0 Å². The second-order valence-corrected chi connectivity index (χ2v) is 17.1. The maximum atomic E-state index is 12.9. The molecule has 2 rings (SSSR count). The molecule has 7 nitrogen and oxygen atoms in total. The van der Waals surface area contributed by atoms with E-state index in [0.29, 0.717) is 20.2 Å². The van der Waals surface area contributed by atoms with E-state index in [0.717, 1.165) is 0 Å². The van der Waals surface area contributed by atoms with Crippen LogP contribution < -0.4 is 12.6 Å². The molecular formula is C20H22O7Pb. The molecule has 0 N–H and O–H groups in total. The maximum absolute atomic E-state index is 12.9. The summed E-state index contributed by atoms with van der Waals surface area (Å²) < 4.78 is 21.8. The molecule has 0 atom stereocenters. The number of hydrogen-bond acceptors (Lipinski definition) is 7. The third-order valence-electron chi connectivity index (χ3n) is 3.95. The van der Waals surface area contributed by atoms with E-state index in [-0.39, 0.29) is 9.76 Å². The van der Waals surface area contributed by atoms with Gasteiger partial charge in [-0.3, -0.25) is 0 Å². The first-order valence-electron chi connectivity index (χ1n) is 8.50. The summed E-state index contributed by atoms with van der Waals surface area (Å²) >= 11 is -4.85. The first-order chi connectivity index (χ1) is 13.3. The van der Waals surface area contributed by atoms with Gasteiger partial charge in [-0.15, -0.1) is 0 Å². The van der Waals surface area contributed by atoms with Crippen LogP contribution in [-0.2, 0) is 15.0 Å². The van der Waals surface area contributed by atoms with Crippen LogP contribution >= 0.6 is 0 Å². The van der Waals surface area contributed by atoms with Crippen LogP contribution in [0.1, 0.15) is 24.2 Å². The molecule has 148 valence electrons. The average molecular weight is 582 g/mol. The Bertz CT molecular complexity index is 828. The van der Waals surface area contributed by atoms with Gasteiger partial charge in [0.05, 0.1) is 0 Å². The van der Waals surface area contributed by atoms with E-state index in [9.17, 15) is 14.4 Å². The molecule has 2 aromatic carbocycles. The van der Waals surface area contributed by atoms with E-state index in [2.05, 4.69) is 0 Å². The van der Waals surface area contributed by atoms with Crippen molar-refractivity contribution in [3.63, 3.8) is 0 Å². The molecule has 0 spiro atoms. The topological polar surface area (TPSA) is 88.1 Å². The molecule has 0 saturated heterocycles. The Labute approximate surface area is 169 Å². The molecule has 0 aliphatic rings. The van der Waals surface area contributed by atoms with Gasteiger partial charge in [0.2, 0.25) is 0 Å². The van der Waals surface area contributed by atoms with Gasteiger partial charge in [-0.25, -0.2) is 0 Å². The Morgan fingerprint density at radius 2 is 1.18 bits per heavy atom. The van der Waals surface area contributed by atoms with Crippen molar-refractivity contribution in [2.45, 2.75) is 17.8 Å². The summed E-state index contributed by atoms with van der Waals surface area (Å²) in [6.45, 7) is 2.47. The minimum absolute atomic E-state index is 0.162. The van der Waals surface area contributed by atoms with Gasteiger partial charge in [0.15, 0.2) is 0 Å². The van der Waals surface area contributed by atoms with Crippen molar-refractivity contribution >= 4 is 42.9 Å². The van der Waals surface area contributed by atoms with E-state index in [4.69, 9.17) is 14.8 Å². The summed E-state index contributed by atoms with van der Waals surface area (Å²) in [6.07, 6.45) is 0. The predicted molar refractivity (Wildman–Crippen MR) is 104 cm³/mol. The molecule has 0 aliphatic heterocycles. The predicted octanol–water partition coefficient (Wildman–Crippen LogP) is 2.36. The first kappa shape index (κ1) is 21.9. The zero-order chi connectivity index (χ0) is 20.7. The standard InChI is InChI=1S/C9H9O2.C7H7O.2C2H4O2.Pb/c1-7(10)8-3-5-9(11-2)6-4-8;1-8-7-5-3-2-4-6-7;2*1-2(3)4;/h3-6H,1H2,2H3;3-6H,1H3;2*1H3,(H,3,4);/q;;;;+2/p-2. The van der Waals surface area contributed by atoms with E-state index < -0.39 is 34.0 Å². The number of ketones is 1. The molecule has 8 heteroatoms. The summed E-state index contributed by atoms with van der Waals surface area (Å²) in [5.74, 6) is -0.258. The van der Waals surface area contributed by atoms with Crippen LogP contribution in [0.4, 0.5) is 0 Å². The van der Waals surface area contributed by atoms with E-state index in [1.807, 2.05) is 0 Å². The van der Waals surface area contributed by atoms with Crippen molar-refractivity contribution < 1.29 is 29.2 Å². The Morgan fingerprint density at radius 1 is 0.750 bits per heavy atom. The van der Waals surface area contributed by atoms with Crippen LogP contribution in [0.5, 0.6) is 11.5 Å². The van der Waals surface area contributed by atoms with Gasteiger partial charge in [0.1, 0.15) is 0 Å². The van der Waals surface area contributed by atoms with Crippen LogP contribution in [0.25, 0.3) is 0 Å². The molecule has 0 radical (unpaired) electrons. The van der Waals surface area contributed by atoms with Crippen molar-refractivity contribution in [2.75, 3.05) is 14.2 Å². The van der Waals surface area contributed by atoms with Crippen LogP contribution in [0.15, 0.2) is 48.5 Å². The minimum atomic E-state index is -4.85. The van der Waals surface area contributed by atoms with E-state index in [1.54, 1.807) is 48.5 Å². The second kappa shape index (κ2) is 9.67. The molecule has 0 saturated carbocycles. The zero-order valence-corrected chi connectivity index (χ0v) is 20.1. The molecule has 0 fully saturated rings. The third-order valence-corrected chi connectivity index (χ3v) is 16.5. The van der Waals surface area contributed by atoms with Gasteiger partial charge in [0, 0.05) is 0 Å². The molecule has 28 heavy (non-hydrogen) atoms. The fourth-order valence-electron chi connectivity index (χ4n) is 2.71. The molecule has 2 aromatic rings. The van der Waals surface area contributed by atoms with Gasteiger partial charge < -0.3 is 0 Å². The third kappa shape index (κ3) is 5.54. The molecule has 0 bridgehead atoms. The summed E-state index contributed by atoms with van der Waals surface area (Å²) in [5, 5.41) is 0. The molecular weight excluding hydrogens is 559 g/mol. The molecule has 0 unspecified atom stereocenters. The summed E-state index contributed by atoms with van der Waals surface area (Å²) in [7, 11) is 3.06. The Balaban J connectivity index is 2.45. The van der Waals surface area contributed by atoms with E-state index in [1.165, 1.54) is 28.1 Å². The first-order valence-corrected chi connectivity index (χ1v) is 16.4. The Kier molecular flexibility index (Phi) is 7.55. The van der Waals surface area contributed by atoms with Crippen LogP contribution in [0, 0.1) is 0 Å². The number of Topliss-reactive ketones (excluding diaryl/α,β-unsaturated/α-hetero) is 1. The van der Waals surface area contributed by atoms with E-state index >= 15 is 0 Å². The Morgan fingerprint density at radius 3 is 1.57 bits per heavy atom.